The van der Waals surface area contributed by atoms with E-state index in [1.54, 1.807) is 6.08 Å². The first-order chi connectivity index (χ1) is 27.3. The van der Waals surface area contributed by atoms with Crippen LogP contribution in [-0.2, 0) is 14.3 Å². The van der Waals surface area contributed by atoms with Gasteiger partial charge in [0.1, 0.15) is 24.4 Å². The number of allylic oxidation sites excluding steroid dienone is 1. The molecule has 56 heavy (non-hydrogen) atoms. The van der Waals surface area contributed by atoms with Crippen molar-refractivity contribution in [1.29, 1.82) is 0 Å². The number of carbonyl (C=O) groups is 1. The monoisotopic (exact) mass is 798 g/mol. The molecule has 6 N–H and O–H groups in total. The van der Waals surface area contributed by atoms with Crippen LogP contribution in [0.4, 0.5) is 0 Å². The third-order valence-electron chi connectivity index (χ3n) is 11.6. The van der Waals surface area contributed by atoms with Gasteiger partial charge in [0.05, 0.1) is 25.4 Å². The number of aliphatic hydroxyl groups is 5. The van der Waals surface area contributed by atoms with Crippen molar-refractivity contribution in [1.82, 2.24) is 5.32 Å². The van der Waals surface area contributed by atoms with Gasteiger partial charge in [-0.2, -0.15) is 0 Å². The van der Waals surface area contributed by atoms with E-state index in [0.717, 1.165) is 38.5 Å². The zero-order chi connectivity index (χ0) is 40.9. The molecule has 0 bridgehead atoms. The average molecular weight is 798 g/mol. The van der Waals surface area contributed by atoms with Gasteiger partial charge in [0.15, 0.2) is 6.29 Å². The number of hydrogen-bond acceptors (Lipinski definition) is 8. The summed E-state index contributed by atoms with van der Waals surface area (Å²) in [7, 11) is 0. The van der Waals surface area contributed by atoms with Gasteiger partial charge in [-0.3, -0.25) is 4.79 Å². The molecule has 1 saturated heterocycles. The number of aliphatic hydroxyl groups excluding tert-OH is 5. The minimum Gasteiger partial charge on any atom is -0.394 e. The van der Waals surface area contributed by atoms with Crippen molar-refractivity contribution in [2.75, 3.05) is 13.2 Å². The Morgan fingerprint density at radius 3 is 1.39 bits per heavy atom. The normalized spacial score (nSPS) is 21.2. The van der Waals surface area contributed by atoms with Crippen LogP contribution in [0, 0.1) is 0 Å². The molecule has 9 heteroatoms. The molecule has 0 aromatic heterocycles. The zero-order valence-electron chi connectivity index (χ0n) is 36.4. The summed E-state index contributed by atoms with van der Waals surface area (Å²) in [6, 6.07) is -0.795. The number of amides is 1. The minimum atomic E-state index is -1.56. The second-order valence-electron chi connectivity index (χ2n) is 16.9. The van der Waals surface area contributed by atoms with Gasteiger partial charge in [-0.15, -0.1) is 0 Å². The number of rotatable bonds is 40. The SMILES string of the molecule is CCCCCCCCCCCCCCCCCCCCCCCCCCCCCC/C=C/C(O)C(COC1OC(CO)C(O)C(O)C1O)NC(=O)CCCCC. The molecule has 0 spiro atoms. The summed E-state index contributed by atoms with van der Waals surface area (Å²) in [6.07, 6.45) is 38.1. The maximum atomic E-state index is 12.6. The molecular weight excluding hydrogens is 707 g/mol. The van der Waals surface area contributed by atoms with Gasteiger partial charge in [-0.1, -0.05) is 212 Å². The number of hydrogen-bond donors (Lipinski definition) is 6. The van der Waals surface area contributed by atoms with Crippen LogP contribution < -0.4 is 5.32 Å². The van der Waals surface area contributed by atoms with Gasteiger partial charge >= 0.3 is 0 Å². The van der Waals surface area contributed by atoms with Gasteiger partial charge in [0, 0.05) is 6.42 Å². The van der Waals surface area contributed by atoms with Crippen molar-refractivity contribution in [3.8, 4) is 0 Å². The molecule has 1 amide bonds. The highest BCUT2D eigenvalue weighted by Gasteiger charge is 2.44. The van der Waals surface area contributed by atoms with Gasteiger partial charge in [0.2, 0.25) is 5.91 Å². The van der Waals surface area contributed by atoms with Crippen LogP contribution in [0.5, 0.6) is 0 Å². The summed E-state index contributed by atoms with van der Waals surface area (Å²) in [5.74, 6) is -0.200. The van der Waals surface area contributed by atoms with Gasteiger partial charge in [-0.05, 0) is 19.3 Å². The summed E-state index contributed by atoms with van der Waals surface area (Å²) < 4.78 is 11.1. The molecule has 0 aromatic carbocycles. The third-order valence-corrected chi connectivity index (χ3v) is 11.6. The fraction of sp³-hybridized carbons (Fsp3) is 0.936. The highest BCUT2D eigenvalue weighted by Crippen LogP contribution is 2.23. The van der Waals surface area contributed by atoms with Crippen LogP contribution in [-0.4, -0.2) is 87.5 Å². The summed E-state index contributed by atoms with van der Waals surface area (Å²) in [5, 5.41) is 53.6. The first-order valence-electron chi connectivity index (χ1n) is 23.9. The van der Waals surface area contributed by atoms with E-state index in [2.05, 4.69) is 19.2 Å². The molecule has 7 unspecified atom stereocenters. The van der Waals surface area contributed by atoms with Crippen LogP contribution in [0.2, 0.25) is 0 Å². The van der Waals surface area contributed by atoms with E-state index in [9.17, 15) is 30.3 Å². The molecule has 7 atom stereocenters. The van der Waals surface area contributed by atoms with Crippen LogP contribution in [0.3, 0.4) is 0 Å². The van der Waals surface area contributed by atoms with Crippen molar-refractivity contribution >= 4 is 5.91 Å². The summed E-state index contributed by atoms with van der Waals surface area (Å²) in [5.41, 5.74) is 0. The largest absolute Gasteiger partial charge is 0.394 e. The Bertz CT molecular complexity index is 888. The third kappa shape index (κ3) is 28.4. The van der Waals surface area contributed by atoms with E-state index in [-0.39, 0.29) is 12.5 Å². The van der Waals surface area contributed by atoms with Crippen LogP contribution in [0.15, 0.2) is 12.2 Å². The zero-order valence-corrected chi connectivity index (χ0v) is 36.4. The van der Waals surface area contributed by atoms with E-state index in [1.807, 2.05) is 6.08 Å². The Hall–Kier alpha value is -1.07. The lowest BCUT2D eigenvalue weighted by molar-refractivity contribution is -0.302. The summed E-state index contributed by atoms with van der Waals surface area (Å²) in [4.78, 5) is 12.6. The van der Waals surface area contributed by atoms with Gasteiger partial charge in [-0.25, -0.2) is 0 Å². The van der Waals surface area contributed by atoms with Crippen LogP contribution >= 0.6 is 0 Å². The van der Waals surface area contributed by atoms with Crippen molar-refractivity contribution in [2.45, 2.75) is 269 Å². The maximum absolute atomic E-state index is 12.6. The number of carbonyl (C=O) groups excluding carboxylic acids is 1. The smallest absolute Gasteiger partial charge is 0.220 e. The van der Waals surface area contributed by atoms with E-state index >= 15 is 0 Å². The number of unbranched alkanes of at least 4 members (excludes halogenated alkanes) is 30. The lowest BCUT2D eigenvalue weighted by Crippen LogP contribution is -2.60. The quantitative estimate of drug-likeness (QED) is 0.0265. The topological polar surface area (TPSA) is 149 Å². The Kier molecular flexibility index (Phi) is 36.1. The lowest BCUT2D eigenvalue weighted by atomic mass is 9.99. The summed E-state index contributed by atoms with van der Waals surface area (Å²) in [6.45, 7) is 3.61. The Labute approximate surface area is 344 Å². The molecule has 9 nitrogen and oxygen atoms in total. The average Bonchev–Trinajstić information content (AvgIpc) is 3.19. The minimum absolute atomic E-state index is 0.187. The van der Waals surface area contributed by atoms with E-state index in [1.165, 1.54) is 167 Å². The predicted molar refractivity (Wildman–Crippen MR) is 231 cm³/mol. The molecule has 0 radical (unpaired) electrons. The molecule has 0 aromatic rings. The maximum Gasteiger partial charge on any atom is 0.220 e. The first-order valence-corrected chi connectivity index (χ1v) is 23.9. The number of ether oxygens (including phenoxy) is 2. The Morgan fingerprint density at radius 1 is 0.589 bits per heavy atom. The summed E-state index contributed by atoms with van der Waals surface area (Å²) >= 11 is 0. The molecule has 0 saturated carbocycles. The van der Waals surface area contributed by atoms with Crippen molar-refractivity contribution in [2.24, 2.45) is 0 Å². The van der Waals surface area contributed by atoms with Crippen molar-refractivity contribution in [3.63, 3.8) is 0 Å². The molecular formula is C47H91NO8. The first kappa shape index (κ1) is 52.9. The van der Waals surface area contributed by atoms with E-state index in [4.69, 9.17) is 9.47 Å². The molecule has 1 heterocycles. The molecule has 1 fully saturated rings. The van der Waals surface area contributed by atoms with Crippen LogP contribution in [0.1, 0.15) is 226 Å². The highest BCUT2D eigenvalue weighted by molar-refractivity contribution is 5.76. The van der Waals surface area contributed by atoms with E-state index < -0.39 is 49.5 Å². The fourth-order valence-electron chi connectivity index (χ4n) is 7.75. The van der Waals surface area contributed by atoms with Crippen molar-refractivity contribution in [3.05, 3.63) is 12.2 Å². The van der Waals surface area contributed by atoms with Gasteiger partial charge in [0.25, 0.3) is 0 Å². The van der Waals surface area contributed by atoms with Crippen LogP contribution in [0.25, 0.3) is 0 Å². The highest BCUT2D eigenvalue weighted by atomic mass is 16.7. The predicted octanol–water partition coefficient (Wildman–Crippen LogP) is 10.1. The van der Waals surface area contributed by atoms with Gasteiger partial charge < -0.3 is 40.3 Å². The molecule has 0 aliphatic carbocycles. The molecule has 332 valence electrons. The lowest BCUT2D eigenvalue weighted by Gasteiger charge is -2.40. The standard InChI is InChI=1S/C47H91NO8/c1-3-5-7-8-9-10-11-12-13-14-15-16-17-18-19-20-21-22-23-24-25-26-27-28-29-30-31-32-33-35-36-41(50)40(48-43(51)37-34-6-4-2)39-55-47-46(54)45(53)44(52)42(38-49)56-47/h35-36,40-42,44-47,49-50,52-54H,3-34,37-39H2,1-2H3,(H,48,51)/b36-35+. The number of nitrogens with one attached hydrogen (secondary N) is 1. The molecule has 1 aliphatic heterocycles. The Balaban J connectivity index is 2.03. The second kappa shape index (κ2) is 38.2. The second-order valence-corrected chi connectivity index (χ2v) is 16.9. The fourth-order valence-corrected chi connectivity index (χ4v) is 7.75. The molecule has 1 rings (SSSR count). The Morgan fingerprint density at radius 2 is 0.982 bits per heavy atom. The molecule has 1 aliphatic rings. The van der Waals surface area contributed by atoms with E-state index in [0.29, 0.717) is 6.42 Å². The van der Waals surface area contributed by atoms with Crippen molar-refractivity contribution < 1.29 is 39.8 Å².